The van der Waals surface area contributed by atoms with Crippen molar-refractivity contribution in [3.8, 4) is 0 Å². The number of nitrogens with one attached hydrogen (secondary N) is 1. The molecule has 1 aliphatic heterocycles. The van der Waals surface area contributed by atoms with Gasteiger partial charge in [-0.25, -0.2) is 0 Å². The summed E-state index contributed by atoms with van der Waals surface area (Å²) in [7, 11) is 0. The summed E-state index contributed by atoms with van der Waals surface area (Å²) in [5.74, 6) is 0.965. The van der Waals surface area contributed by atoms with Crippen molar-refractivity contribution in [1.29, 1.82) is 0 Å². The average molecular weight is 151 g/mol. The number of hydrogen-bond acceptors (Lipinski definition) is 1. The van der Waals surface area contributed by atoms with Crippen molar-refractivity contribution in [3.63, 3.8) is 0 Å². The lowest BCUT2D eigenvalue weighted by Crippen LogP contribution is -2.32. The Morgan fingerprint density at radius 1 is 1.27 bits per heavy atom. The Labute approximate surface area is 68.9 Å². The van der Waals surface area contributed by atoms with Gasteiger partial charge in [0.1, 0.15) is 0 Å². The van der Waals surface area contributed by atoms with E-state index in [1.165, 1.54) is 32.1 Å². The van der Waals surface area contributed by atoms with Gasteiger partial charge < -0.3 is 5.32 Å². The van der Waals surface area contributed by atoms with E-state index in [4.69, 9.17) is 0 Å². The van der Waals surface area contributed by atoms with Crippen LogP contribution in [0.15, 0.2) is 12.7 Å². The molecule has 1 saturated heterocycles. The predicted octanol–water partition coefficient (Wildman–Crippen LogP) is 2.09. The summed E-state index contributed by atoms with van der Waals surface area (Å²) >= 11 is 0. The summed E-state index contributed by atoms with van der Waals surface area (Å²) in [6, 6.07) is 1.44. The van der Waals surface area contributed by atoms with Gasteiger partial charge in [-0.3, -0.25) is 0 Å². The maximum absolute atomic E-state index is 3.84. The third-order valence-electron chi connectivity index (χ3n) is 3.18. The average Bonchev–Trinajstić information content (AvgIpc) is 2.46. The molecule has 1 saturated carbocycles. The van der Waals surface area contributed by atoms with E-state index >= 15 is 0 Å². The van der Waals surface area contributed by atoms with E-state index in [0.29, 0.717) is 6.04 Å². The first-order chi connectivity index (χ1) is 5.40. The second-order valence-corrected chi connectivity index (χ2v) is 3.90. The van der Waals surface area contributed by atoms with Crippen molar-refractivity contribution in [3.05, 3.63) is 12.7 Å². The highest BCUT2D eigenvalue weighted by molar-refractivity contribution is 4.99. The van der Waals surface area contributed by atoms with E-state index in [0.717, 1.165) is 12.0 Å². The lowest BCUT2D eigenvalue weighted by Gasteiger charge is -2.24. The van der Waals surface area contributed by atoms with E-state index in [1.54, 1.807) is 0 Å². The standard InChI is InChI=1S/C10H17N/c1-2-9-7-8-5-3-4-6-10(8)11-9/h2,8-11H,1,3-7H2. The highest BCUT2D eigenvalue weighted by atomic mass is 15.0. The summed E-state index contributed by atoms with van der Waals surface area (Å²) in [6.45, 7) is 3.84. The number of hydrogen-bond donors (Lipinski definition) is 1. The Kier molecular flexibility index (Phi) is 1.99. The molecule has 0 bridgehead atoms. The summed E-state index contributed by atoms with van der Waals surface area (Å²) in [4.78, 5) is 0. The van der Waals surface area contributed by atoms with Gasteiger partial charge >= 0.3 is 0 Å². The van der Waals surface area contributed by atoms with Gasteiger partial charge in [-0.1, -0.05) is 18.9 Å². The van der Waals surface area contributed by atoms with E-state index in [1.807, 2.05) is 0 Å². The third kappa shape index (κ3) is 1.34. The Morgan fingerprint density at radius 2 is 2.09 bits per heavy atom. The van der Waals surface area contributed by atoms with Crippen molar-refractivity contribution < 1.29 is 0 Å². The number of fused-ring (bicyclic) bond motifs is 1. The predicted molar refractivity (Wildman–Crippen MR) is 47.5 cm³/mol. The maximum Gasteiger partial charge on any atom is 0.0253 e. The largest absolute Gasteiger partial charge is 0.307 e. The van der Waals surface area contributed by atoms with Crippen LogP contribution in [0.5, 0.6) is 0 Å². The zero-order valence-electron chi connectivity index (χ0n) is 7.05. The molecule has 2 aliphatic rings. The molecule has 2 rings (SSSR count). The number of rotatable bonds is 1. The van der Waals surface area contributed by atoms with Crippen molar-refractivity contribution in [2.45, 2.75) is 44.2 Å². The quantitative estimate of drug-likeness (QED) is 0.566. The highest BCUT2D eigenvalue weighted by Crippen LogP contribution is 2.33. The summed E-state index contributed by atoms with van der Waals surface area (Å²) < 4.78 is 0. The molecule has 3 atom stereocenters. The molecule has 0 aromatic rings. The summed E-state index contributed by atoms with van der Waals surface area (Å²) in [5, 5.41) is 3.62. The van der Waals surface area contributed by atoms with Crippen LogP contribution in [0.1, 0.15) is 32.1 Å². The first-order valence-electron chi connectivity index (χ1n) is 4.79. The van der Waals surface area contributed by atoms with Crippen LogP contribution in [0.3, 0.4) is 0 Å². The fourth-order valence-electron chi connectivity index (χ4n) is 2.54. The van der Waals surface area contributed by atoms with Gasteiger partial charge in [0.2, 0.25) is 0 Å². The molecule has 1 nitrogen and oxygen atoms in total. The van der Waals surface area contributed by atoms with Crippen LogP contribution in [-0.4, -0.2) is 12.1 Å². The van der Waals surface area contributed by atoms with Gasteiger partial charge in [0.15, 0.2) is 0 Å². The van der Waals surface area contributed by atoms with Crippen LogP contribution in [0.2, 0.25) is 0 Å². The molecular formula is C10H17N. The molecular weight excluding hydrogens is 134 g/mol. The molecule has 2 fully saturated rings. The van der Waals surface area contributed by atoms with E-state index < -0.39 is 0 Å². The van der Waals surface area contributed by atoms with Crippen LogP contribution in [-0.2, 0) is 0 Å². The molecule has 62 valence electrons. The van der Waals surface area contributed by atoms with Crippen molar-refractivity contribution in [2.75, 3.05) is 0 Å². The van der Waals surface area contributed by atoms with Gasteiger partial charge in [-0.05, 0) is 25.2 Å². The minimum Gasteiger partial charge on any atom is -0.307 e. The molecule has 0 amide bonds. The lowest BCUT2D eigenvalue weighted by molar-refractivity contribution is 0.326. The Bertz CT molecular complexity index is 139. The molecule has 1 heterocycles. The molecule has 0 radical (unpaired) electrons. The molecule has 1 aliphatic carbocycles. The monoisotopic (exact) mass is 151 g/mol. The normalized spacial score (nSPS) is 43.5. The molecule has 0 spiro atoms. The van der Waals surface area contributed by atoms with E-state index in [-0.39, 0.29) is 0 Å². The van der Waals surface area contributed by atoms with Gasteiger partial charge in [-0.15, -0.1) is 6.58 Å². The van der Waals surface area contributed by atoms with Gasteiger partial charge in [0, 0.05) is 12.1 Å². The Morgan fingerprint density at radius 3 is 2.82 bits per heavy atom. The minimum atomic E-state index is 0.614. The first kappa shape index (κ1) is 7.35. The Balaban J connectivity index is 1.97. The minimum absolute atomic E-state index is 0.614. The van der Waals surface area contributed by atoms with Crippen LogP contribution in [0, 0.1) is 5.92 Å². The van der Waals surface area contributed by atoms with Crippen LogP contribution in [0.4, 0.5) is 0 Å². The first-order valence-corrected chi connectivity index (χ1v) is 4.79. The van der Waals surface area contributed by atoms with Crippen LogP contribution >= 0.6 is 0 Å². The smallest absolute Gasteiger partial charge is 0.0253 e. The molecule has 3 unspecified atom stereocenters. The highest BCUT2D eigenvalue weighted by Gasteiger charge is 2.33. The van der Waals surface area contributed by atoms with Gasteiger partial charge in [-0.2, -0.15) is 0 Å². The Hall–Kier alpha value is -0.300. The van der Waals surface area contributed by atoms with Crippen LogP contribution < -0.4 is 5.32 Å². The van der Waals surface area contributed by atoms with Crippen molar-refractivity contribution in [2.24, 2.45) is 5.92 Å². The zero-order valence-corrected chi connectivity index (χ0v) is 7.05. The van der Waals surface area contributed by atoms with E-state index in [2.05, 4.69) is 18.0 Å². The molecule has 0 aromatic carbocycles. The van der Waals surface area contributed by atoms with E-state index in [9.17, 15) is 0 Å². The molecule has 1 N–H and O–H groups in total. The fourth-order valence-corrected chi connectivity index (χ4v) is 2.54. The molecule has 0 aromatic heterocycles. The molecule has 11 heavy (non-hydrogen) atoms. The third-order valence-corrected chi connectivity index (χ3v) is 3.18. The topological polar surface area (TPSA) is 12.0 Å². The van der Waals surface area contributed by atoms with Crippen LogP contribution in [0.25, 0.3) is 0 Å². The van der Waals surface area contributed by atoms with Gasteiger partial charge in [0.05, 0.1) is 0 Å². The summed E-state index contributed by atoms with van der Waals surface area (Å²) in [6.07, 6.45) is 9.13. The SMILES string of the molecule is C=CC1CC2CCCCC2N1. The van der Waals surface area contributed by atoms with Crippen molar-refractivity contribution in [1.82, 2.24) is 5.32 Å². The second kappa shape index (κ2) is 2.98. The van der Waals surface area contributed by atoms with Crippen molar-refractivity contribution >= 4 is 0 Å². The maximum atomic E-state index is 3.84. The second-order valence-electron chi connectivity index (χ2n) is 3.90. The molecule has 1 heteroatoms. The lowest BCUT2D eigenvalue weighted by atomic mass is 9.85. The van der Waals surface area contributed by atoms with Gasteiger partial charge in [0.25, 0.3) is 0 Å². The fraction of sp³-hybridized carbons (Fsp3) is 0.800. The zero-order chi connectivity index (χ0) is 7.68. The summed E-state index contributed by atoms with van der Waals surface area (Å²) in [5.41, 5.74) is 0.